The van der Waals surface area contributed by atoms with Crippen LogP contribution in [0.15, 0.2) is 36.7 Å². The van der Waals surface area contributed by atoms with Gasteiger partial charge in [0.1, 0.15) is 16.5 Å². The molecule has 7 heteroatoms. The molecule has 0 aliphatic heterocycles. The van der Waals surface area contributed by atoms with Crippen LogP contribution in [-0.2, 0) is 6.42 Å². The quantitative estimate of drug-likeness (QED) is 0.678. The van der Waals surface area contributed by atoms with E-state index in [2.05, 4.69) is 30.3 Å². The molecule has 4 rings (SSSR count). The Labute approximate surface area is 150 Å². The Morgan fingerprint density at radius 3 is 2.80 bits per heavy atom. The molecule has 128 valence electrons. The first-order valence-corrected chi connectivity index (χ1v) is 9.03. The van der Waals surface area contributed by atoms with Crippen molar-refractivity contribution in [3.8, 4) is 17.3 Å². The zero-order valence-corrected chi connectivity index (χ0v) is 15.0. The highest BCUT2D eigenvalue weighted by Gasteiger charge is 2.23. The number of aromatic nitrogens is 4. The van der Waals surface area contributed by atoms with Gasteiger partial charge in [0.15, 0.2) is 5.82 Å². The minimum Gasteiger partial charge on any atom is -0.489 e. The standard InChI is InChI=1S/C18H19N5OS/c1-23(2)16-4-3-9-19-15(16)10-17-21-18(22-25-17)14-8-7-13(11-20-14)24-12-5-6-12/h3-4,7-9,11-12H,5-6,10H2,1-2H3. The largest absolute Gasteiger partial charge is 0.489 e. The van der Waals surface area contributed by atoms with Crippen LogP contribution in [0.1, 0.15) is 23.5 Å². The summed E-state index contributed by atoms with van der Waals surface area (Å²) in [5.74, 6) is 1.46. The summed E-state index contributed by atoms with van der Waals surface area (Å²) in [5, 5.41) is 0.928. The van der Waals surface area contributed by atoms with Crippen molar-refractivity contribution < 1.29 is 4.74 Å². The maximum absolute atomic E-state index is 5.72. The molecule has 6 nitrogen and oxygen atoms in total. The van der Waals surface area contributed by atoms with Gasteiger partial charge < -0.3 is 9.64 Å². The highest BCUT2D eigenvalue weighted by Crippen LogP contribution is 2.27. The second-order valence-electron chi connectivity index (χ2n) is 6.25. The monoisotopic (exact) mass is 353 g/mol. The van der Waals surface area contributed by atoms with Crippen molar-refractivity contribution in [2.75, 3.05) is 19.0 Å². The van der Waals surface area contributed by atoms with Crippen LogP contribution in [0.2, 0.25) is 0 Å². The second kappa shape index (κ2) is 6.76. The summed E-state index contributed by atoms with van der Waals surface area (Å²) in [6.07, 6.45) is 6.87. The number of hydrogen-bond acceptors (Lipinski definition) is 7. The fraction of sp³-hybridized carbons (Fsp3) is 0.333. The molecule has 25 heavy (non-hydrogen) atoms. The maximum Gasteiger partial charge on any atom is 0.191 e. The van der Waals surface area contributed by atoms with Crippen molar-refractivity contribution >= 4 is 17.2 Å². The fourth-order valence-electron chi connectivity index (χ4n) is 2.51. The van der Waals surface area contributed by atoms with Crippen LogP contribution in [0.4, 0.5) is 5.69 Å². The first-order chi connectivity index (χ1) is 12.2. The third kappa shape index (κ3) is 3.76. The zero-order chi connectivity index (χ0) is 17.2. The molecule has 1 aliphatic rings. The van der Waals surface area contributed by atoms with Crippen LogP contribution < -0.4 is 9.64 Å². The number of rotatable bonds is 6. The van der Waals surface area contributed by atoms with Crippen LogP contribution in [-0.4, -0.2) is 39.5 Å². The molecule has 0 radical (unpaired) electrons. The van der Waals surface area contributed by atoms with Crippen LogP contribution in [0.5, 0.6) is 5.75 Å². The SMILES string of the molecule is CN(C)c1cccnc1Cc1nc(-c2ccc(OC3CC3)cn2)ns1. The van der Waals surface area contributed by atoms with Crippen molar-refractivity contribution in [3.63, 3.8) is 0 Å². The normalized spacial score (nSPS) is 13.7. The van der Waals surface area contributed by atoms with Gasteiger partial charge in [0.2, 0.25) is 0 Å². The Morgan fingerprint density at radius 1 is 1.20 bits per heavy atom. The minimum atomic E-state index is 0.376. The molecule has 0 saturated heterocycles. The van der Waals surface area contributed by atoms with Gasteiger partial charge in [-0.3, -0.25) is 4.98 Å². The van der Waals surface area contributed by atoms with E-state index in [1.807, 2.05) is 38.5 Å². The van der Waals surface area contributed by atoms with Gasteiger partial charge in [-0.2, -0.15) is 4.37 Å². The molecule has 0 unspecified atom stereocenters. The molecule has 1 fully saturated rings. The van der Waals surface area contributed by atoms with E-state index < -0.39 is 0 Å². The van der Waals surface area contributed by atoms with Crippen molar-refractivity contribution in [2.45, 2.75) is 25.4 Å². The fourth-order valence-corrected chi connectivity index (χ4v) is 3.16. The average Bonchev–Trinajstić information content (AvgIpc) is 3.31. The van der Waals surface area contributed by atoms with Gasteiger partial charge in [-0.25, -0.2) is 9.97 Å². The summed E-state index contributed by atoms with van der Waals surface area (Å²) >= 11 is 1.39. The van der Waals surface area contributed by atoms with Gasteiger partial charge >= 0.3 is 0 Å². The van der Waals surface area contributed by atoms with E-state index in [0.29, 0.717) is 18.3 Å². The van der Waals surface area contributed by atoms with Gasteiger partial charge in [-0.05, 0) is 48.6 Å². The lowest BCUT2D eigenvalue weighted by atomic mass is 10.2. The highest BCUT2D eigenvalue weighted by molar-refractivity contribution is 7.05. The summed E-state index contributed by atoms with van der Waals surface area (Å²) in [7, 11) is 4.03. The molecule has 0 amide bonds. The van der Waals surface area contributed by atoms with E-state index in [1.54, 1.807) is 6.20 Å². The molecule has 3 heterocycles. The molecular formula is C18H19N5OS. The van der Waals surface area contributed by atoms with Crippen LogP contribution in [0.25, 0.3) is 11.5 Å². The highest BCUT2D eigenvalue weighted by atomic mass is 32.1. The number of nitrogens with zero attached hydrogens (tertiary/aromatic N) is 5. The van der Waals surface area contributed by atoms with Gasteiger partial charge in [0, 0.05) is 26.7 Å². The second-order valence-corrected chi connectivity index (χ2v) is 7.08. The van der Waals surface area contributed by atoms with Crippen molar-refractivity contribution in [2.24, 2.45) is 0 Å². The average molecular weight is 353 g/mol. The molecule has 3 aromatic heterocycles. The molecule has 1 saturated carbocycles. The van der Waals surface area contributed by atoms with E-state index in [1.165, 1.54) is 11.5 Å². The molecule has 0 atom stereocenters. The summed E-state index contributed by atoms with van der Waals surface area (Å²) in [6.45, 7) is 0. The van der Waals surface area contributed by atoms with Crippen molar-refractivity contribution in [3.05, 3.63) is 47.4 Å². The lowest BCUT2D eigenvalue weighted by Gasteiger charge is -2.15. The number of hydrogen-bond donors (Lipinski definition) is 0. The number of pyridine rings is 2. The van der Waals surface area contributed by atoms with Crippen molar-refractivity contribution in [1.82, 2.24) is 19.3 Å². The maximum atomic E-state index is 5.72. The van der Waals surface area contributed by atoms with Gasteiger partial charge in [0.05, 0.1) is 23.7 Å². The molecule has 0 spiro atoms. The Balaban J connectivity index is 1.50. The Morgan fingerprint density at radius 2 is 2.08 bits per heavy atom. The number of anilines is 1. The smallest absolute Gasteiger partial charge is 0.191 e. The van der Waals surface area contributed by atoms with Crippen LogP contribution in [0, 0.1) is 0 Å². The third-order valence-electron chi connectivity index (χ3n) is 3.93. The molecule has 3 aromatic rings. The van der Waals surface area contributed by atoms with Gasteiger partial charge in [0.25, 0.3) is 0 Å². The lowest BCUT2D eigenvalue weighted by molar-refractivity contribution is 0.302. The predicted molar refractivity (Wildman–Crippen MR) is 98.2 cm³/mol. The first-order valence-electron chi connectivity index (χ1n) is 8.26. The van der Waals surface area contributed by atoms with Gasteiger partial charge in [-0.1, -0.05) is 0 Å². The van der Waals surface area contributed by atoms with E-state index >= 15 is 0 Å². The molecule has 1 aliphatic carbocycles. The van der Waals surface area contributed by atoms with Crippen molar-refractivity contribution in [1.29, 1.82) is 0 Å². The van der Waals surface area contributed by atoms with Crippen LogP contribution in [0.3, 0.4) is 0 Å². The Hall–Kier alpha value is -2.54. The minimum absolute atomic E-state index is 0.376. The summed E-state index contributed by atoms with van der Waals surface area (Å²) < 4.78 is 10.2. The lowest BCUT2D eigenvalue weighted by Crippen LogP contribution is -2.12. The first kappa shape index (κ1) is 16.0. The predicted octanol–water partition coefficient (Wildman–Crippen LogP) is 3.19. The molecule has 0 bridgehead atoms. The molecule has 0 N–H and O–H groups in total. The number of ether oxygens (including phenoxy) is 1. The topological polar surface area (TPSA) is 64.0 Å². The Kier molecular flexibility index (Phi) is 4.31. The molecular weight excluding hydrogens is 334 g/mol. The summed E-state index contributed by atoms with van der Waals surface area (Å²) in [5.41, 5.74) is 2.86. The van der Waals surface area contributed by atoms with E-state index in [0.717, 1.165) is 40.7 Å². The summed E-state index contributed by atoms with van der Waals surface area (Å²) in [6, 6.07) is 7.85. The van der Waals surface area contributed by atoms with Gasteiger partial charge in [-0.15, -0.1) is 0 Å². The zero-order valence-electron chi connectivity index (χ0n) is 14.2. The Bertz CT molecular complexity index is 858. The third-order valence-corrected chi connectivity index (χ3v) is 4.64. The van der Waals surface area contributed by atoms with Crippen LogP contribution >= 0.6 is 11.5 Å². The van der Waals surface area contributed by atoms with E-state index in [-0.39, 0.29) is 0 Å². The molecule has 0 aromatic carbocycles. The van der Waals surface area contributed by atoms with E-state index in [9.17, 15) is 0 Å². The van der Waals surface area contributed by atoms with E-state index in [4.69, 9.17) is 4.74 Å². The summed E-state index contributed by atoms with van der Waals surface area (Å²) in [4.78, 5) is 15.6.